The van der Waals surface area contributed by atoms with E-state index in [1.807, 2.05) is 0 Å². The SMILES string of the molecule is NC(N)CC[C@@H](N)C(=O)O. The molecule has 0 aromatic carbocycles. The van der Waals surface area contributed by atoms with Crippen LogP contribution < -0.4 is 17.2 Å². The first-order valence-electron chi connectivity index (χ1n) is 3.03. The predicted octanol–water partition coefficient (Wildman–Crippen LogP) is -1.58. The maximum atomic E-state index is 10.1. The van der Waals surface area contributed by atoms with Crippen molar-refractivity contribution in [1.29, 1.82) is 0 Å². The molecule has 0 radical (unpaired) electrons. The summed E-state index contributed by atoms with van der Waals surface area (Å²) >= 11 is 0. The summed E-state index contributed by atoms with van der Waals surface area (Å²) in [6, 6.07) is -0.838. The van der Waals surface area contributed by atoms with Crippen molar-refractivity contribution < 1.29 is 9.90 Å². The molecule has 0 saturated heterocycles. The van der Waals surface area contributed by atoms with Crippen LogP contribution in [0.4, 0.5) is 0 Å². The van der Waals surface area contributed by atoms with Crippen molar-refractivity contribution in [1.82, 2.24) is 0 Å². The molecule has 0 aromatic heterocycles. The Labute approximate surface area is 59.2 Å². The monoisotopic (exact) mass is 147 g/mol. The summed E-state index contributed by atoms with van der Waals surface area (Å²) in [6.45, 7) is 0. The van der Waals surface area contributed by atoms with Crippen LogP contribution in [0.1, 0.15) is 12.8 Å². The standard InChI is InChI=1S/C5H13N3O2/c6-3(5(9)10)1-2-4(7)8/h3-4H,1-2,6-8H2,(H,9,10)/t3-/m1/s1. The van der Waals surface area contributed by atoms with E-state index in [-0.39, 0.29) is 0 Å². The molecular weight excluding hydrogens is 134 g/mol. The minimum Gasteiger partial charge on any atom is -0.480 e. The maximum absolute atomic E-state index is 10.1. The molecule has 7 N–H and O–H groups in total. The third-order valence-electron chi connectivity index (χ3n) is 1.13. The highest BCUT2D eigenvalue weighted by molar-refractivity contribution is 5.72. The van der Waals surface area contributed by atoms with E-state index >= 15 is 0 Å². The summed E-state index contributed by atoms with van der Waals surface area (Å²) in [7, 11) is 0. The van der Waals surface area contributed by atoms with Crippen molar-refractivity contribution in [2.75, 3.05) is 0 Å². The van der Waals surface area contributed by atoms with Gasteiger partial charge in [-0.1, -0.05) is 0 Å². The van der Waals surface area contributed by atoms with Gasteiger partial charge in [-0.25, -0.2) is 0 Å². The van der Waals surface area contributed by atoms with Gasteiger partial charge in [-0.15, -0.1) is 0 Å². The molecule has 5 nitrogen and oxygen atoms in total. The van der Waals surface area contributed by atoms with Gasteiger partial charge in [-0.05, 0) is 12.8 Å². The average molecular weight is 147 g/mol. The van der Waals surface area contributed by atoms with Crippen molar-refractivity contribution in [3.05, 3.63) is 0 Å². The molecule has 0 heterocycles. The van der Waals surface area contributed by atoms with Crippen LogP contribution in [0.25, 0.3) is 0 Å². The first-order valence-corrected chi connectivity index (χ1v) is 3.03. The number of carboxylic acid groups (broad SMARTS) is 1. The van der Waals surface area contributed by atoms with Crippen molar-refractivity contribution >= 4 is 5.97 Å². The van der Waals surface area contributed by atoms with Crippen molar-refractivity contribution in [3.8, 4) is 0 Å². The Morgan fingerprint density at radius 2 is 1.80 bits per heavy atom. The lowest BCUT2D eigenvalue weighted by Crippen LogP contribution is -2.36. The van der Waals surface area contributed by atoms with Gasteiger partial charge >= 0.3 is 5.97 Å². The van der Waals surface area contributed by atoms with Crippen LogP contribution in [0, 0.1) is 0 Å². The van der Waals surface area contributed by atoms with E-state index in [1.54, 1.807) is 0 Å². The van der Waals surface area contributed by atoms with Gasteiger partial charge in [0.05, 0.1) is 6.17 Å². The van der Waals surface area contributed by atoms with Gasteiger partial charge in [-0.3, -0.25) is 4.79 Å². The van der Waals surface area contributed by atoms with E-state index in [2.05, 4.69) is 0 Å². The highest BCUT2D eigenvalue weighted by atomic mass is 16.4. The number of aliphatic carboxylic acids is 1. The summed E-state index contributed by atoms with van der Waals surface area (Å²) in [4.78, 5) is 10.1. The first-order chi connectivity index (χ1) is 4.54. The third kappa shape index (κ3) is 4.25. The van der Waals surface area contributed by atoms with E-state index < -0.39 is 18.2 Å². The zero-order valence-electron chi connectivity index (χ0n) is 5.66. The summed E-state index contributed by atoms with van der Waals surface area (Å²) in [5.41, 5.74) is 15.5. The van der Waals surface area contributed by atoms with E-state index in [0.29, 0.717) is 12.8 Å². The molecule has 0 fully saturated rings. The lowest BCUT2D eigenvalue weighted by Gasteiger charge is -2.07. The second kappa shape index (κ2) is 4.21. The van der Waals surface area contributed by atoms with Crippen LogP contribution >= 0.6 is 0 Å². The minimum atomic E-state index is -1.01. The molecule has 0 aliphatic carbocycles. The van der Waals surface area contributed by atoms with Crippen molar-refractivity contribution in [2.24, 2.45) is 17.2 Å². The van der Waals surface area contributed by atoms with E-state index in [0.717, 1.165) is 0 Å². The maximum Gasteiger partial charge on any atom is 0.320 e. The predicted molar refractivity (Wildman–Crippen MR) is 37.0 cm³/mol. The van der Waals surface area contributed by atoms with Gasteiger partial charge in [-0.2, -0.15) is 0 Å². The lowest BCUT2D eigenvalue weighted by molar-refractivity contribution is -0.138. The Kier molecular flexibility index (Phi) is 3.94. The normalized spacial score (nSPS) is 13.6. The number of hydrogen-bond acceptors (Lipinski definition) is 4. The van der Waals surface area contributed by atoms with Gasteiger partial charge < -0.3 is 22.3 Å². The molecule has 0 aliphatic heterocycles. The van der Waals surface area contributed by atoms with Gasteiger partial charge in [0.15, 0.2) is 0 Å². The minimum absolute atomic E-state index is 0.326. The summed E-state index contributed by atoms with van der Waals surface area (Å²) in [6.07, 6.45) is 0.297. The van der Waals surface area contributed by atoms with Crippen molar-refractivity contribution in [2.45, 2.75) is 25.0 Å². The molecule has 0 bridgehead atoms. The van der Waals surface area contributed by atoms with Crippen LogP contribution in [-0.2, 0) is 4.79 Å². The topological polar surface area (TPSA) is 115 Å². The Morgan fingerprint density at radius 3 is 2.10 bits per heavy atom. The second-order valence-electron chi connectivity index (χ2n) is 2.19. The molecule has 0 amide bonds. The van der Waals surface area contributed by atoms with Gasteiger partial charge in [0.2, 0.25) is 0 Å². The zero-order chi connectivity index (χ0) is 8.15. The van der Waals surface area contributed by atoms with E-state index in [1.165, 1.54) is 0 Å². The highest BCUT2D eigenvalue weighted by Gasteiger charge is 2.11. The zero-order valence-corrected chi connectivity index (χ0v) is 5.66. The lowest BCUT2D eigenvalue weighted by atomic mass is 10.1. The molecule has 60 valence electrons. The fourth-order valence-corrected chi connectivity index (χ4v) is 0.495. The summed E-state index contributed by atoms with van der Waals surface area (Å²) in [5.74, 6) is -1.01. The quantitative estimate of drug-likeness (QED) is 0.358. The number of nitrogens with two attached hydrogens (primary N) is 3. The van der Waals surface area contributed by atoms with E-state index in [4.69, 9.17) is 22.3 Å². The molecule has 0 unspecified atom stereocenters. The Hall–Kier alpha value is -0.650. The van der Waals surface area contributed by atoms with Crippen LogP contribution in [0.5, 0.6) is 0 Å². The van der Waals surface area contributed by atoms with Crippen LogP contribution in [-0.4, -0.2) is 23.3 Å². The molecule has 0 aliphatic rings. The number of hydrogen-bond donors (Lipinski definition) is 4. The number of carboxylic acids is 1. The first kappa shape index (κ1) is 9.35. The molecule has 10 heavy (non-hydrogen) atoms. The Morgan fingerprint density at radius 1 is 1.30 bits per heavy atom. The highest BCUT2D eigenvalue weighted by Crippen LogP contribution is 1.94. The van der Waals surface area contributed by atoms with Crippen LogP contribution in [0.2, 0.25) is 0 Å². The average Bonchev–Trinajstić information content (AvgIpc) is 1.82. The van der Waals surface area contributed by atoms with Crippen molar-refractivity contribution in [3.63, 3.8) is 0 Å². The summed E-state index contributed by atoms with van der Waals surface area (Å²) in [5, 5.41) is 8.29. The largest absolute Gasteiger partial charge is 0.480 e. The second-order valence-corrected chi connectivity index (χ2v) is 2.19. The molecule has 0 spiro atoms. The van der Waals surface area contributed by atoms with Gasteiger partial charge in [0.1, 0.15) is 6.04 Å². The van der Waals surface area contributed by atoms with Crippen LogP contribution in [0.3, 0.4) is 0 Å². The smallest absolute Gasteiger partial charge is 0.320 e. The molecular formula is C5H13N3O2. The van der Waals surface area contributed by atoms with Gasteiger partial charge in [0.25, 0.3) is 0 Å². The Bertz CT molecular complexity index is 115. The molecule has 1 atom stereocenters. The number of rotatable bonds is 4. The van der Waals surface area contributed by atoms with E-state index in [9.17, 15) is 4.79 Å². The molecule has 0 saturated carbocycles. The Balaban J connectivity index is 3.40. The molecule has 0 aromatic rings. The van der Waals surface area contributed by atoms with Crippen LogP contribution in [0.15, 0.2) is 0 Å². The third-order valence-corrected chi connectivity index (χ3v) is 1.13. The fraction of sp³-hybridized carbons (Fsp3) is 0.800. The number of carbonyl (C=O) groups is 1. The van der Waals surface area contributed by atoms with Gasteiger partial charge in [0, 0.05) is 0 Å². The molecule has 5 heteroatoms. The summed E-state index contributed by atoms with van der Waals surface area (Å²) < 4.78 is 0. The fourth-order valence-electron chi connectivity index (χ4n) is 0.495. The molecule has 0 rings (SSSR count).